The van der Waals surface area contributed by atoms with Crippen LogP contribution in [0.25, 0.3) is 0 Å². The number of benzene rings is 2. The summed E-state index contributed by atoms with van der Waals surface area (Å²) >= 11 is 0. The number of carbonyl (C=O) groups excluding carboxylic acids is 2. The molecular formula is C34H50N4O7. The summed E-state index contributed by atoms with van der Waals surface area (Å²) in [5.74, 6) is -0.922. The number of carbonyl (C=O) groups is 3. The van der Waals surface area contributed by atoms with Crippen molar-refractivity contribution in [2.45, 2.75) is 84.7 Å². The molecule has 0 fully saturated rings. The van der Waals surface area contributed by atoms with Crippen LogP contribution in [0.1, 0.15) is 80.2 Å². The number of nitrogens with zero attached hydrogens (tertiary/aromatic N) is 2. The van der Waals surface area contributed by atoms with Crippen LogP contribution in [0.5, 0.6) is 5.75 Å². The van der Waals surface area contributed by atoms with Crippen LogP contribution >= 0.6 is 0 Å². The molecule has 45 heavy (non-hydrogen) atoms. The van der Waals surface area contributed by atoms with Crippen molar-refractivity contribution in [3.8, 4) is 5.75 Å². The van der Waals surface area contributed by atoms with Gasteiger partial charge in [-0.2, -0.15) is 0 Å². The number of nitrogens with one attached hydrogen (secondary N) is 2. The summed E-state index contributed by atoms with van der Waals surface area (Å²) in [6.45, 7) is 11.4. The van der Waals surface area contributed by atoms with Crippen molar-refractivity contribution < 1.29 is 34.1 Å². The van der Waals surface area contributed by atoms with Crippen LogP contribution in [-0.4, -0.2) is 95.6 Å². The monoisotopic (exact) mass is 626 g/mol. The van der Waals surface area contributed by atoms with Gasteiger partial charge >= 0.3 is 12.0 Å². The van der Waals surface area contributed by atoms with Crippen LogP contribution < -0.4 is 15.4 Å². The molecule has 0 bridgehead atoms. The Morgan fingerprint density at radius 2 is 1.80 bits per heavy atom. The van der Waals surface area contributed by atoms with Gasteiger partial charge in [0.25, 0.3) is 5.91 Å². The predicted molar refractivity (Wildman–Crippen MR) is 174 cm³/mol. The van der Waals surface area contributed by atoms with E-state index in [0.717, 1.165) is 24.8 Å². The molecule has 0 saturated carbocycles. The molecule has 0 aliphatic carbocycles. The minimum atomic E-state index is -0.958. The molecule has 0 aromatic heterocycles. The molecule has 11 nitrogen and oxygen atoms in total. The first-order chi connectivity index (χ1) is 21.4. The van der Waals surface area contributed by atoms with Crippen molar-refractivity contribution in [3.63, 3.8) is 0 Å². The van der Waals surface area contributed by atoms with Crippen molar-refractivity contribution >= 4 is 23.6 Å². The number of likely N-dealkylation sites (N-methyl/N-ethyl adjacent to an activating group) is 1. The van der Waals surface area contributed by atoms with E-state index in [1.54, 1.807) is 42.2 Å². The predicted octanol–water partition coefficient (Wildman–Crippen LogP) is 4.84. The smallest absolute Gasteiger partial charge is 0.335 e. The minimum absolute atomic E-state index is 0.0535. The molecule has 1 aliphatic heterocycles. The second-order valence-electron chi connectivity index (χ2n) is 12.5. The highest BCUT2D eigenvalue weighted by Gasteiger charge is 2.30. The molecule has 2 aromatic carbocycles. The van der Waals surface area contributed by atoms with Crippen molar-refractivity contribution in [1.82, 2.24) is 15.1 Å². The molecule has 3 amide bonds. The van der Waals surface area contributed by atoms with Crippen LogP contribution in [0.2, 0.25) is 0 Å². The Hall–Kier alpha value is -3.67. The number of fused-ring (bicyclic) bond motifs is 1. The van der Waals surface area contributed by atoms with E-state index in [2.05, 4.69) is 15.5 Å². The number of urea groups is 1. The van der Waals surface area contributed by atoms with Crippen molar-refractivity contribution in [1.29, 1.82) is 0 Å². The lowest BCUT2D eigenvalue weighted by Crippen LogP contribution is -2.47. The number of aliphatic hydroxyl groups excluding tert-OH is 1. The lowest BCUT2D eigenvalue weighted by atomic mass is 10.0. The van der Waals surface area contributed by atoms with Gasteiger partial charge in [0.05, 0.1) is 36.0 Å². The molecule has 4 atom stereocenters. The Bertz CT molecular complexity index is 1270. The van der Waals surface area contributed by atoms with Gasteiger partial charge in [-0.25, -0.2) is 9.59 Å². The first-order valence-electron chi connectivity index (χ1n) is 15.8. The second kappa shape index (κ2) is 17.1. The molecule has 0 unspecified atom stereocenters. The highest BCUT2D eigenvalue weighted by atomic mass is 16.5. The number of hydrogen-bond donors (Lipinski definition) is 4. The number of aliphatic hydroxyl groups is 1. The standard InChI is InChI=1S/C34H50N4O7/c1-22(2)35-34(43)36-28-14-15-30-29(17-28)32(40)38(24(4)21-39)18-23(3)31(44-16-8-7-9-25(5)45-30)20-37(6)19-26-10-12-27(13-11-26)33(41)42/h10-15,17,22-25,31,39H,7-9,16,18-21H2,1-6H3,(H,41,42)(H2,35,36,43)/t23-,24-,25+,31-/m0/s1. The summed E-state index contributed by atoms with van der Waals surface area (Å²) in [4.78, 5) is 41.7. The van der Waals surface area contributed by atoms with Gasteiger partial charge in [0.2, 0.25) is 0 Å². The van der Waals surface area contributed by atoms with Gasteiger partial charge in [0.15, 0.2) is 0 Å². The van der Waals surface area contributed by atoms with Gasteiger partial charge in [0, 0.05) is 43.9 Å². The normalized spacial score (nSPS) is 20.6. The van der Waals surface area contributed by atoms with Gasteiger partial charge in [-0.15, -0.1) is 0 Å². The molecule has 0 radical (unpaired) electrons. The zero-order valence-corrected chi connectivity index (χ0v) is 27.4. The van der Waals surface area contributed by atoms with Crippen molar-refractivity contribution in [3.05, 3.63) is 59.2 Å². The van der Waals surface area contributed by atoms with Gasteiger partial charge < -0.3 is 35.2 Å². The Kier molecular flexibility index (Phi) is 13.6. The second-order valence-corrected chi connectivity index (χ2v) is 12.5. The summed E-state index contributed by atoms with van der Waals surface area (Å²) in [5.41, 5.74) is 2.00. The van der Waals surface area contributed by atoms with E-state index in [1.807, 2.05) is 46.9 Å². The van der Waals surface area contributed by atoms with Crippen LogP contribution in [0.3, 0.4) is 0 Å². The zero-order valence-electron chi connectivity index (χ0n) is 27.4. The fraction of sp³-hybridized carbons (Fsp3) is 0.559. The number of carboxylic acid groups (broad SMARTS) is 1. The SMILES string of the molecule is CC(C)NC(=O)Nc1ccc2c(c1)C(=O)N([C@@H](C)CO)C[C@H](C)[C@H](CN(C)Cc1ccc(C(=O)O)cc1)OCCCC[C@@H](C)O2. The number of ether oxygens (including phenoxy) is 2. The maximum absolute atomic E-state index is 14.2. The fourth-order valence-electron chi connectivity index (χ4n) is 5.33. The summed E-state index contributed by atoms with van der Waals surface area (Å²) in [6.07, 6.45) is 2.16. The van der Waals surface area contributed by atoms with Gasteiger partial charge in [-0.05, 0) is 89.9 Å². The average Bonchev–Trinajstić information content (AvgIpc) is 2.98. The molecule has 0 spiro atoms. The van der Waals surface area contributed by atoms with Crippen LogP contribution in [-0.2, 0) is 11.3 Å². The van der Waals surface area contributed by atoms with Crippen LogP contribution in [0, 0.1) is 5.92 Å². The lowest BCUT2D eigenvalue weighted by molar-refractivity contribution is -0.0177. The Balaban J connectivity index is 1.88. The highest BCUT2D eigenvalue weighted by Crippen LogP contribution is 2.28. The van der Waals surface area contributed by atoms with Crippen LogP contribution in [0.15, 0.2) is 42.5 Å². The van der Waals surface area contributed by atoms with E-state index in [-0.39, 0.29) is 48.3 Å². The van der Waals surface area contributed by atoms with E-state index < -0.39 is 12.0 Å². The molecule has 3 rings (SSSR count). The summed E-state index contributed by atoms with van der Waals surface area (Å²) in [5, 5.41) is 25.0. The van der Waals surface area contributed by atoms with Gasteiger partial charge in [-0.3, -0.25) is 9.69 Å². The third-order valence-electron chi connectivity index (χ3n) is 7.87. The first kappa shape index (κ1) is 35.8. The fourth-order valence-corrected chi connectivity index (χ4v) is 5.33. The largest absolute Gasteiger partial charge is 0.490 e. The topological polar surface area (TPSA) is 141 Å². The summed E-state index contributed by atoms with van der Waals surface area (Å²) in [6, 6.07) is 11.0. The number of carboxylic acids is 1. The average molecular weight is 627 g/mol. The van der Waals surface area contributed by atoms with Crippen molar-refractivity contribution in [2.75, 3.05) is 38.7 Å². The third kappa shape index (κ3) is 11.0. The zero-order chi connectivity index (χ0) is 33.1. The molecule has 4 N–H and O–H groups in total. The molecule has 2 aromatic rings. The highest BCUT2D eigenvalue weighted by molar-refractivity contribution is 5.99. The molecule has 11 heteroatoms. The van der Waals surface area contributed by atoms with E-state index in [0.29, 0.717) is 43.2 Å². The van der Waals surface area contributed by atoms with Gasteiger partial charge in [-0.1, -0.05) is 19.1 Å². The summed E-state index contributed by atoms with van der Waals surface area (Å²) in [7, 11) is 1.99. The quantitative estimate of drug-likeness (QED) is 0.310. The number of aromatic carboxylic acids is 1. The molecule has 1 aliphatic rings. The first-order valence-corrected chi connectivity index (χ1v) is 15.8. The molecule has 0 saturated heterocycles. The number of anilines is 1. The number of rotatable bonds is 9. The van der Waals surface area contributed by atoms with E-state index >= 15 is 0 Å². The van der Waals surface area contributed by atoms with E-state index in [9.17, 15) is 24.6 Å². The maximum Gasteiger partial charge on any atom is 0.335 e. The van der Waals surface area contributed by atoms with Crippen LogP contribution in [0.4, 0.5) is 10.5 Å². The van der Waals surface area contributed by atoms with Gasteiger partial charge in [0.1, 0.15) is 5.75 Å². The molecule has 248 valence electrons. The van der Waals surface area contributed by atoms with Crippen molar-refractivity contribution in [2.24, 2.45) is 5.92 Å². The minimum Gasteiger partial charge on any atom is -0.490 e. The molecule has 1 heterocycles. The maximum atomic E-state index is 14.2. The number of hydrogen-bond acceptors (Lipinski definition) is 7. The molecular weight excluding hydrogens is 576 g/mol. The summed E-state index contributed by atoms with van der Waals surface area (Å²) < 4.78 is 12.7. The van der Waals surface area contributed by atoms with E-state index in [1.165, 1.54) is 0 Å². The third-order valence-corrected chi connectivity index (χ3v) is 7.87. The lowest BCUT2D eigenvalue weighted by Gasteiger charge is -2.36. The Morgan fingerprint density at radius 3 is 2.44 bits per heavy atom. The Labute approximate surface area is 266 Å². The number of amides is 3. The van der Waals surface area contributed by atoms with E-state index in [4.69, 9.17) is 9.47 Å². The Morgan fingerprint density at radius 1 is 1.09 bits per heavy atom.